The molecule has 0 radical (unpaired) electrons. The van der Waals surface area contributed by atoms with Gasteiger partial charge in [-0.3, -0.25) is 0 Å². The largest absolute Gasteiger partial charge is 0.571 e. The predicted molar refractivity (Wildman–Crippen MR) is 246 cm³/mol. The minimum atomic E-state index is -2.10. The van der Waals surface area contributed by atoms with Crippen LogP contribution in [0.5, 0.6) is 34.5 Å². The summed E-state index contributed by atoms with van der Waals surface area (Å²) in [5, 5.41) is 178. The third-order valence-corrected chi connectivity index (χ3v) is 13.1. The molecule has 76 heavy (non-hydrogen) atoms. The van der Waals surface area contributed by atoms with Crippen LogP contribution < -0.4 is 9.47 Å². The van der Waals surface area contributed by atoms with Crippen LogP contribution in [0.2, 0.25) is 0 Å². The second kappa shape index (κ2) is 24.0. The maximum absolute atomic E-state index is 12.9. The van der Waals surface area contributed by atoms with E-state index >= 15 is 0 Å². The summed E-state index contributed by atoms with van der Waals surface area (Å²) in [4.78, 5) is 12.9. The molecule has 18 N–H and O–H groups in total. The number of fused-ring (bicyclic) bond motifs is 1. The summed E-state index contributed by atoms with van der Waals surface area (Å²) >= 11 is 0. The number of ether oxygens (including phenoxy) is 10. The molecule has 28 nitrogen and oxygen atoms in total. The molecule has 4 saturated heterocycles. The van der Waals surface area contributed by atoms with Crippen molar-refractivity contribution in [2.75, 3.05) is 26.4 Å². The van der Waals surface area contributed by atoms with Gasteiger partial charge in [0.15, 0.2) is 29.7 Å². The number of hydrogen-bond donors (Lipinski definition) is 17. The fourth-order valence-electron chi connectivity index (χ4n) is 8.80. The van der Waals surface area contributed by atoms with Gasteiger partial charge in [-0.1, -0.05) is 6.07 Å². The SMILES string of the molecule is O=C(C=Cc1ccc(O)c(OC2OC(CO)C(O)C(O)C2O)c1)OCC1OC(OC2C(OC3=Cc4c(OC5OC(CO)C(O)C(O)C5O)cc(O)cc4[OH+]C3c3ccc(O)cc3)OC(CO)C(O)C2O)C(O)C(O)C1O. The van der Waals surface area contributed by atoms with E-state index in [2.05, 4.69) is 0 Å². The monoisotopic (exact) mass is 1080 g/mol. The zero-order valence-electron chi connectivity index (χ0n) is 39.5. The third kappa shape index (κ3) is 11.9. The standard InChI is InChI=1S/C48H58O28/c49-13-27-32(56)36(60)40(64)45(72-27)69-24-11-20(53)10-23-21(24)12-26(43(68-23)18-3-5-19(52)6-4-18)71-48-44(39(63)34(58)29(15-51)74-48)76-47-42(66)38(62)35(59)30(75-47)16-67-31(55)8-2-17-1-7-22(54)25(9-17)70-46-41(65)37(61)33(57)28(14-50)73-46/h1-12,27-30,32-54,56-66H,13-16H2/p+1. The molecule has 3 aromatic rings. The van der Waals surface area contributed by atoms with Gasteiger partial charge in [-0.15, -0.1) is 0 Å². The summed E-state index contributed by atoms with van der Waals surface area (Å²) in [5.74, 6) is -2.77. The highest BCUT2D eigenvalue weighted by Gasteiger charge is 2.53. The highest BCUT2D eigenvalue weighted by Crippen LogP contribution is 2.47. The Morgan fingerprint density at radius 1 is 0.539 bits per heavy atom. The summed E-state index contributed by atoms with van der Waals surface area (Å²) < 4.78 is 56.2. The summed E-state index contributed by atoms with van der Waals surface area (Å²) in [6, 6.07) is 11.6. The Labute approximate surface area is 429 Å². The van der Waals surface area contributed by atoms with E-state index in [0.717, 1.165) is 18.2 Å². The van der Waals surface area contributed by atoms with Crippen molar-refractivity contribution in [2.24, 2.45) is 0 Å². The smallest absolute Gasteiger partial charge is 0.330 e. The van der Waals surface area contributed by atoms with Gasteiger partial charge in [0.25, 0.3) is 11.9 Å². The zero-order valence-corrected chi connectivity index (χ0v) is 39.5. The lowest BCUT2D eigenvalue weighted by Crippen LogP contribution is -2.64. The average Bonchev–Trinajstić information content (AvgIpc) is 3.41. The van der Waals surface area contributed by atoms with Crippen LogP contribution in [0.15, 0.2) is 66.4 Å². The van der Waals surface area contributed by atoms with Crippen molar-refractivity contribution < 1.29 is 139 Å². The number of esters is 1. The Bertz CT molecular complexity index is 2510. The number of aliphatic hydroxyl groups is 15. The lowest BCUT2D eigenvalue weighted by molar-refractivity contribution is -0.364. The number of aromatic hydroxyl groups is 4. The topological polar surface area (TPSA) is 457 Å². The quantitative estimate of drug-likeness (QED) is 0.0361. The summed E-state index contributed by atoms with van der Waals surface area (Å²) in [6.07, 6.45) is -33.7. The molecular formula is C48H59O28+. The Hall–Kier alpha value is -5.55. The minimum Gasteiger partial charge on any atom is -0.571 e. The van der Waals surface area contributed by atoms with Gasteiger partial charge in [0.1, 0.15) is 121 Å². The fourth-order valence-corrected chi connectivity index (χ4v) is 8.80. The number of carbonyl (C=O) groups is 1. The van der Waals surface area contributed by atoms with E-state index in [9.17, 15) is 91.6 Å². The maximum Gasteiger partial charge on any atom is 0.330 e. The van der Waals surface area contributed by atoms with E-state index in [1.807, 2.05) is 0 Å². The lowest BCUT2D eigenvalue weighted by atomic mass is 9.97. The van der Waals surface area contributed by atoms with E-state index in [-0.39, 0.29) is 39.9 Å². The molecule has 21 unspecified atom stereocenters. The molecule has 3 aromatic carbocycles. The Morgan fingerprint density at radius 3 is 1.66 bits per heavy atom. The number of benzene rings is 3. The van der Waals surface area contributed by atoms with Gasteiger partial charge in [0.05, 0.1) is 31.5 Å². The van der Waals surface area contributed by atoms with Crippen LogP contribution in [-0.2, 0) is 38.0 Å². The van der Waals surface area contributed by atoms with Crippen molar-refractivity contribution in [1.82, 2.24) is 0 Å². The zero-order chi connectivity index (χ0) is 54.9. The third-order valence-electron chi connectivity index (χ3n) is 13.1. The summed E-state index contributed by atoms with van der Waals surface area (Å²) in [5.41, 5.74) is 0.561. The molecule has 0 bridgehead atoms. The van der Waals surface area contributed by atoms with Gasteiger partial charge in [0.2, 0.25) is 18.9 Å². The summed E-state index contributed by atoms with van der Waals surface area (Å²) in [6.45, 7) is -3.23. The van der Waals surface area contributed by atoms with Crippen molar-refractivity contribution in [3.05, 3.63) is 83.1 Å². The van der Waals surface area contributed by atoms with E-state index in [1.54, 1.807) is 0 Å². The Morgan fingerprint density at radius 2 is 1.07 bits per heavy atom. The van der Waals surface area contributed by atoms with Crippen molar-refractivity contribution in [1.29, 1.82) is 0 Å². The van der Waals surface area contributed by atoms with Gasteiger partial charge >= 0.3 is 5.97 Å². The van der Waals surface area contributed by atoms with Gasteiger partial charge < -0.3 is 134 Å². The van der Waals surface area contributed by atoms with Crippen LogP contribution in [0.25, 0.3) is 12.2 Å². The predicted octanol–water partition coefficient (Wildman–Crippen LogP) is -5.60. The highest BCUT2D eigenvalue weighted by atomic mass is 16.8. The van der Waals surface area contributed by atoms with Gasteiger partial charge in [-0.25, -0.2) is 4.79 Å². The molecule has 0 aromatic heterocycles. The average molecular weight is 1080 g/mol. The van der Waals surface area contributed by atoms with Crippen LogP contribution >= 0.6 is 0 Å². The number of carbonyl (C=O) groups excluding carboxylic acids is 1. The molecule has 5 heterocycles. The first-order valence-corrected chi connectivity index (χ1v) is 23.6. The molecular weight excluding hydrogens is 1020 g/mol. The Balaban J connectivity index is 1.00. The van der Waals surface area contributed by atoms with Gasteiger partial charge in [-0.2, -0.15) is 0 Å². The Kier molecular flexibility index (Phi) is 17.9. The molecule has 28 heteroatoms. The van der Waals surface area contributed by atoms with Gasteiger partial charge in [0, 0.05) is 18.2 Å². The number of hydrogen-bond acceptors (Lipinski definition) is 27. The highest BCUT2D eigenvalue weighted by molar-refractivity contribution is 5.87. The number of aliphatic hydroxyl groups excluding tert-OH is 14. The minimum absolute atomic E-state index is 0.0244. The molecule has 4 fully saturated rings. The molecule has 0 spiro atoms. The van der Waals surface area contributed by atoms with E-state index < -0.39 is 173 Å². The lowest BCUT2D eigenvalue weighted by Gasteiger charge is -2.46. The number of phenolic OH excluding ortho intramolecular Hbond substituents is 3. The number of phenols is 3. The summed E-state index contributed by atoms with van der Waals surface area (Å²) in [7, 11) is 0. The van der Waals surface area contributed by atoms with Crippen molar-refractivity contribution in [3.63, 3.8) is 0 Å². The van der Waals surface area contributed by atoms with Crippen molar-refractivity contribution >= 4 is 18.1 Å². The second-order valence-electron chi connectivity index (χ2n) is 18.3. The van der Waals surface area contributed by atoms with Gasteiger partial charge in [-0.05, 0) is 48.0 Å². The second-order valence-corrected chi connectivity index (χ2v) is 18.3. The molecule has 8 rings (SSSR count). The van der Waals surface area contributed by atoms with Crippen LogP contribution in [0.1, 0.15) is 22.8 Å². The molecule has 0 amide bonds. The van der Waals surface area contributed by atoms with Crippen LogP contribution in [-0.4, -0.2) is 247 Å². The van der Waals surface area contributed by atoms with Crippen molar-refractivity contribution in [2.45, 2.75) is 129 Å². The molecule has 5 aliphatic rings. The molecule has 21 atom stereocenters. The van der Waals surface area contributed by atoms with E-state index in [4.69, 9.17) is 47.4 Å². The van der Waals surface area contributed by atoms with Crippen LogP contribution in [0.3, 0.4) is 0 Å². The van der Waals surface area contributed by atoms with E-state index in [1.165, 1.54) is 54.6 Å². The van der Waals surface area contributed by atoms with Crippen molar-refractivity contribution in [3.8, 4) is 34.5 Å². The molecule has 0 aliphatic carbocycles. The van der Waals surface area contributed by atoms with Crippen LogP contribution in [0.4, 0.5) is 0 Å². The normalized spacial score (nSPS) is 37.6. The maximum atomic E-state index is 12.9. The molecule has 5 aliphatic heterocycles. The first kappa shape index (κ1) is 56.6. The fraction of sp³-hybridized carbons (Fsp3) is 0.521. The molecule has 0 saturated carbocycles. The number of rotatable bonds is 16. The molecule has 418 valence electrons. The van der Waals surface area contributed by atoms with E-state index in [0.29, 0.717) is 5.56 Å². The van der Waals surface area contributed by atoms with Crippen LogP contribution in [0, 0.1) is 0 Å². The first-order chi connectivity index (χ1) is 36.2. The first-order valence-electron chi connectivity index (χ1n) is 23.6.